The number of nitrogens with one attached hydrogen (secondary N) is 2. The Morgan fingerprint density at radius 3 is 2.13 bits per heavy atom. The molecule has 0 aromatic rings. The minimum Gasteiger partial charge on any atom is -0.450 e. The molecule has 0 aromatic carbocycles. The van der Waals surface area contributed by atoms with Gasteiger partial charge in [-0.1, -0.05) is 58.8 Å². The molecular formula is C34H58N4O7. The number of esters is 1. The van der Waals surface area contributed by atoms with Gasteiger partial charge >= 0.3 is 12.1 Å². The maximum absolute atomic E-state index is 14.3. The van der Waals surface area contributed by atoms with E-state index in [1.165, 1.54) is 11.8 Å². The molecule has 2 heterocycles. The minimum absolute atomic E-state index is 0.0869. The Morgan fingerprint density at radius 2 is 1.58 bits per heavy atom. The van der Waals surface area contributed by atoms with Gasteiger partial charge in [-0.05, 0) is 70.6 Å². The predicted octanol–water partition coefficient (Wildman–Crippen LogP) is 4.56. The summed E-state index contributed by atoms with van der Waals surface area (Å²) < 4.78 is 11.2. The number of hydrogen-bond donors (Lipinski definition) is 2. The second kappa shape index (κ2) is 16.6. The molecule has 2 saturated heterocycles. The third kappa shape index (κ3) is 11.5. The van der Waals surface area contributed by atoms with E-state index < -0.39 is 47.8 Å². The van der Waals surface area contributed by atoms with Crippen molar-refractivity contribution >= 4 is 29.8 Å². The molecule has 45 heavy (non-hydrogen) atoms. The van der Waals surface area contributed by atoms with Gasteiger partial charge in [0.05, 0.1) is 6.04 Å². The first-order valence-electron chi connectivity index (χ1n) is 17.2. The van der Waals surface area contributed by atoms with Crippen LogP contribution in [0.15, 0.2) is 0 Å². The SMILES string of the molecule is CC(=O)OC(C(=O)NCC1CC1)[C@@H]1CCCCCCCCC[C@H](N(C)C(=O)OC(C)(C)C)C(=O)N2C[C@H](C(C)C)C[C@H]2C(=O)N1. The molecule has 1 saturated carbocycles. The first-order chi connectivity index (χ1) is 21.2. The number of amides is 4. The quantitative estimate of drug-likeness (QED) is 0.392. The van der Waals surface area contributed by atoms with E-state index in [4.69, 9.17) is 9.47 Å². The van der Waals surface area contributed by atoms with Crippen LogP contribution in [0.2, 0.25) is 0 Å². The molecule has 1 aliphatic carbocycles. The third-order valence-electron chi connectivity index (χ3n) is 9.30. The second-order valence-corrected chi connectivity index (χ2v) is 14.7. The highest BCUT2D eigenvalue weighted by Crippen LogP contribution is 2.32. The average Bonchev–Trinajstić information content (AvgIpc) is 3.67. The number of carbonyl (C=O) groups is 5. The predicted molar refractivity (Wildman–Crippen MR) is 171 cm³/mol. The summed E-state index contributed by atoms with van der Waals surface area (Å²) in [6, 6.07) is -2.28. The van der Waals surface area contributed by atoms with Crippen LogP contribution < -0.4 is 10.6 Å². The zero-order valence-corrected chi connectivity index (χ0v) is 28.7. The molecule has 1 unspecified atom stereocenters. The van der Waals surface area contributed by atoms with E-state index in [-0.39, 0.29) is 23.7 Å². The summed E-state index contributed by atoms with van der Waals surface area (Å²) >= 11 is 0. The highest BCUT2D eigenvalue weighted by atomic mass is 16.6. The maximum atomic E-state index is 14.3. The Morgan fingerprint density at radius 1 is 0.978 bits per heavy atom. The van der Waals surface area contributed by atoms with Crippen molar-refractivity contribution in [2.45, 2.75) is 148 Å². The van der Waals surface area contributed by atoms with Gasteiger partial charge in [-0.25, -0.2) is 4.79 Å². The minimum atomic E-state index is -1.17. The first-order valence-corrected chi connectivity index (χ1v) is 17.2. The van der Waals surface area contributed by atoms with Gasteiger partial charge in [0.1, 0.15) is 17.7 Å². The van der Waals surface area contributed by atoms with Crippen LogP contribution in [-0.4, -0.2) is 89.6 Å². The number of carbonyl (C=O) groups excluding carboxylic acids is 5. The van der Waals surface area contributed by atoms with Crippen LogP contribution in [0.25, 0.3) is 0 Å². The van der Waals surface area contributed by atoms with E-state index in [2.05, 4.69) is 24.5 Å². The number of rotatable bonds is 7. The van der Waals surface area contributed by atoms with Crippen molar-refractivity contribution < 1.29 is 33.4 Å². The Labute approximate surface area is 269 Å². The van der Waals surface area contributed by atoms with E-state index >= 15 is 0 Å². The Kier molecular flexibility index (Phi) is 13.5. The van der Waals surface area contributed by atoms with Crippen LogP contribution in [0, 0.1) is 17.8 Å². The van der Waals surface area contributed by atoms with Crippen molar-refractivity contribution in [2.75, 3.05) is 20.1 Å². The summed E-state index contributed by atoms with van der Waals surface area (Å²) in [7, 11) is 1.60. The molecule has 256 valence electrons. The van der Waals surface area contributed by atoms with Crippen molar-refractivity contribution in [3.05, 3.63) is 0 Å². The summed E-state index contributed by atoms with van der Waals surface area (Å²) in [5, 5.41) is 5.98. The van der Waals surface area contributed by atoms with Crippen molar-refractivity contribution in [1.82, 2.24) is 20.4 Å². The lowest BCUT2D eigenvalue weighted by atomic mass is 9.93. The molecule has 3 aliphatic rings. The van der Waals surface area contributed by atoms with Crippen LogP contribution in [0.1, 0.15) is 119 Å². The molecule has 5 atom stereocenters. The molecule has 11 heteroatoms. The summed E-state index contributed by atoms with van der Waals surface area (Å²) in [4.78, 5) is 70.1. The van der Waals surface area contributed by atoms with Gasteiger partial charge in [-0.15, -0.1) is 0 Å². The average molecular weight is 635 g/mol. The molecule has 0 radical (unpaired) electrons. The van der Waals surface area contributed by atoms with E-state index in [1.807, 2.05) is 0 Å². The Hall–Kier alpha value is -2.85. The number of fused-ring (bicyclic) bond motifs is 1. The van der Waals surface area contributed by atoms with Crippen LogP contribution >= 0.6 is 0 Å². The highest BCUT2D eigenvalue weighted by molar-refractivity contribution is 5.92. The van der Waals surface area contributed by atoms with Gasteiger partial charge in [0, 0.05) is 27.1 Å². The zero-order valence-electron chi connectivity index (χ0n) is 28.7. The highest BCUT2D eigenvalue weighted by Gasteiger charge is 2.45. The van der Waals surface area contributed by atoms with Crippen LogP contribution in [-0.2, 0) is 28.7 Å². The largest absolute Gasteiger partial charge is 0.450 e. The van der Waals surface area contributed by atoms with E-state index in [0.717, 1.165) is 57.8 Å². The lowest BCUT2D eigenvalue weighted by Gasteiger charge is -2.35. The van der Waals surface area contributed by atoms with E-state index in [0.29, 0.717) is 38.3 Å². The molecule has 3 fully saturated rings. The Balaban J connectivity index is 1.92. The summed E-state index contributed by atoms with van der Waals surface area (Å²) in [6.07, 6.45) is 8.25. The lowest BCUT2D eigenvalue weighted by molar-refractivity contribution is -0.157. The van der Waals surface area contributed by atoms with Crippen molar-refractivity contribution in [3.8, 4) is 0 Å². The number of likely N-dealkylation sites (N-methyl/N-ethyl adjacent to an activating group) is 1. The van der Waals surface area contributed by atoms with Crippen molar-refractivity contribution in [2.24, 2.45) is 17.8 Å². The van der Waals surface area contributed by atoms with Crippen LogP contribution in [0.3, 0.4) is 0 Å². The molecular weight excluding hydrogens is 576 g/mol. The first kappa shape index (κ1) is 36.6. The molecule has 2 N–H and O–H groups in total. The molecule has 4 amide bonds. The maximum Gasteiger partial charge on any atom is 0.410 e. The molecule has 0 spiro atoms. The number of hydrogen-bond acceptors (Lipinski definition) is 7. The second-order valence-electron chi connectivity index (χ2n) is 14.7. The Bertz CT molecular complexity index is 1040. The van der Waals surface area contributed by atoms with Gasteiger partial charge in [0.15, 0.2) is 6.10 Å². The molecule has 0 bridgehead atoms. The third-order valence-corrected chi connectivity index (χ3v) is 9.30. The molecule has 0 aromatic heterocycles. The lowest BCUT2D eigenvalue weighted by Crippen LogP contribution is -2.58. The monoisotopic (exact) mass is 634 g/mol. The summed E-state index contributed by atoms with van der Waals surface area (Å²) in [6.45, 7) is 11.7. The van der Waals surface area contributed by atoms with Crippen LogP contribution in [0.4, 0.5) is 4.79 Å². The summed E-state index contributed by atoms with van der Waals surface area (Å²) in [5.74, 6) is -0.876. The molecule has 3 rings (SSSR count). The molecule has 11 nitrogen and oxygen atoms in total. The standard InChI is InChI=1S/C34H58N4O7/c1-22(2)25-19-28-30(40)36-26(29(44-23(3)39)31(41)35-20-24-17-18-24)15-13-11-9-8-10-12-14-16-27(32(42)38(28)21-25)37(7)33(43)45-34(4,5)6/h22,24-29H,8-21H2,1-7H3,(H,35,41)(H,36,40)/t25-,26+,27+,28+,29?/m1/s1. The fourth-order valence-corrected chi connectivity index (χ4v) is 6.31. The van der Waals surface area contributed by atoms with Gasteiger partial charge in [-0.2, -0.15) is 0 Å². The fraction of sp³-hybridized carbons (Fsp3) is 0.853. The van der Waals surface area contributed by atoms with Gasteiger partial charge in [0.25, 0.3) is 5.91 Å². The summed E-state index contributed by atoms with van der Waals surface area (Å²) in [5.41, 5.74) is -0.718. The van der Waals surface area contributed by atoms with Crippen molar-refractivity contribution in [1.29, 1.82) is 0 Å². The number of ether oxygens (including phenoxy) is 2. The van der Waals surface area contributed by atoms with Gasteiger partial charge in [-0.3, -0.25) is 24.1 Å². The smallest absolute Gasteiger partial charge is 0.410 e. The van der Waals surface area contributed by atoms with Gasteiger partial charge < -0.3 is 25.0 Å². The van der Waals surface area contributed by atoms with Crippen LogP contribution in [0.5, 0.6) is 0 Å². The van der Waals surface area contributed by atoms with E-state index in [1.54, 1.807) is 32.7 Å². The topological polar surface area (TPSA) is 134 Å². The number of nitrogens with zero attached hydrogens (tertiary/aromatic N) is 2. The molecule has 2 aliphatic heterocycles. The fourth-order valence-electron chi connectivity index (χ4n) is 6.31. The van der Waals surface area contributed by atoms with E-state index in [9.17, 15) is 24.0 Å². The normalized spacial score (nSPS) is 26.4. The zero-order chi connectivity index (χ0) is 33.3. The van der Waals surface area contributed by atoms with Crippen molar-refractivity contribution in [3.63, 3.8) is 0 Å². The van der Waals surface area contributed by atoms with Gasteiger partial charge in [0.2, 0.25) is 11.8 Å².